The third kappa shape index (κ3) is 4.39. The van der Waals surface area contributed by atoms with Gasteiger partial charge >= 0.3 is 0 Å². The van der Waals surface area contributed by atoms with Gasteiger partial charge < -0.3 is 4.79 Å². The molecule has 0 saturated carbocycles. The van der Waals surface area contributed by atoms with Crippen molar-refractivity contribution in [1.29, 1.82) is 0 Å². The Balaban J connectivity index is 3.70. The van der Waals surface area contributed by atoms with Crippen molar-refractivity contribution in [1.82, 2.24) is 0 Å². The monoisotopic (exact) mass is 187 g/mol. The van der Waals surface area contributed by atoms with Crippen LogP contribution in [0.15, 0.2) is 0 Å². The van der Waals surface area contributed by atoms with E-state index >= 15 is 0 Å². The lowest BCUT2D eigenvalue weighted by molar-refractivity contribution is -0.108. The fourth-order valence-electron chi connectivity index (χ4n) is 0.727. The van der Waals surface area contributed by atoms with Crippen molar-refractivity contribution < 1.29 is 4.79 Å². The minimum atomic E-state index is -0.0710. The highest BCUT2D eigenvalue weighted by molar-refractivity contribution is 8.69. The number of terminal acetylenes is 1. The van der Waals surface area contributed by atoms with E-state index in [0.717, 1.165) is 19.1 Å². The minimum absolute atomic E-state index is 0.0710. The lowest BCUT2D eigenvalue weighted by atomic mass is 10.0. The number of hydrogen-bond donors (Lipinski definition) is 0. The zero-order valence-corrected chi connectivity index (χ0v) is 8.08. The van der Waals surface area contributed by atoms with E-state index in [0.29, 0.717) is 5.92 Å². The highest BCUT2D eigenvalue weighted by Gasteiger charge is 2.14. The van der Waals surface area contributed by atoms with Crippen molar-refractivity contribution in [3.63, 3.8) is 0 Å². The van der Waals surface area contributed by atoms with Gasteiger partial charge in [0.1, 0.15) is 6.29 Å². The van der Waals surface area contributed by atoms with Gasteiger partial charge in [0.05, 0.1) is 5.25 Å². The number of carbonyl (C=O) groups excluding carboxylic acids is 1. The summed E-state index contributed by atoms with van der Waals surface area (Å²) in [4.78, 5) is 10.4. The maximum absolute atomic E-state index is 10.4. The molecule has 0 bridgehead atoms. The second kappa shape index (κ2) is 6.63. The molecule has 0 rings (SSSR count). The molecule has 0 aromatic carbocycles. The van der Waals surface area contributed by atoms with Crippen molar-refractivity contribution in [3.8, 4) is 12.3 Å². The molecule has 61 valence electrons. The molecule has 0 saturated heterocycles. The van der Waals surface area contributed by atoms with E-state index in [1.807, 2.05) is 6.92 Å². The topological polar surface area (TPSA) is 17.1 Å². The average molecular weight is 187 g/mol. The summed E-state index contributed by atoms with van der Waals surface area (Å²) in [5, 5.41) is -0.0710. The number of hydrogen-bond acceptors (Lipinski definition) is 2. The number of carbonyl (C=O) groups is 1. The predicted molar refractivity (Wildman–Crippen MR) is 52.3 cm³/mol. The Labute approximate surface area is 77.1 Å². The van der Waals surface area contributed by atoms with Gasteiger partial charge in [0.25, 0.3) is 0 Å². The zero-order chi connectivity index (χ0) is 8.69. The Kier molecular flexibility index (Phi) is 6.59. The summed E-state index contributed by atoms with van der Waals surface area (Å²) in [6.07, 6.45) is 7.59. The standard InChI is InChI=1S/C8H11OS2/c1-3-4-5-7(2)8(6-9)11-10/h1,6-8H,4-5H2,2H3. The van der Waals surface area contributed by atoms with Crippen LogP contribution in [0.3, 0.4) is 0 Å². The third-order valence-electron chi connectivity index (χ3n) is 1.55. The maximum Gasteiger partial charge on any atom is 0.134 e. The van der Waals surface area contributed by atoms with Crippen molar-refractivity contribution in [2.45, 2.75) is 25.0 Å². The van der Waals surface area contributed by atoms with Gasteiger partial charge in [-0.15, -0.1) is 12.3 Å². The van der Waals surface area contributed by atoms with Crippen LogP contribution < -0.4 is 0 Å². The minimum Gasteiger partial charge on any atom is -0.302 e. The van der Waals surface area contributed by atoms with Crippen LogP contribution in [0.5, 0.6) is 0 Å². The summed E-state index contributed by atoms with van der Waals surface area (Å²) in [5.74, 6) is 2.84. The van der Waals surface area contributed by atoms with Crippen molar-refractivity contribution in [2.24, 2.45) is 5.92 Å². The highest BCUT2D eigenvalue weighted by atomic mass is 33.1. The van der Waals surface area contributed by atoms with Gasteiger partial charge in [-0.05, 0) is 24.0 Å². The molecule has 0 spiro atoms. The smallest absolute Gasteiger partial charge is 0.134 e. The van der Waals surface area contributed by atoms with Crippen LogP contribution in [0.2, 0.25) is 0 Å². The van der Waals surface area contributed by atoms with Gasteiger partial charge in [-0.1, -0.05) is 17.7 Å². The molecule has 0 aliphatic rings. The first-order valence-corrected chi connectivity index (χ1v) is 5.24. The molecule has 0 aromatic heterocycles. The zero-order valence-electron chi connectivity index (χ0n) is 6.45. The second-order valence-corrected chi connectivity index (χ2v) is 3.73. The van der Waals surface area contributed by atoms with Crippen molar-refractivity contribution in [3.05, 3.63) is 0 Å². The van der Waals surface area contributed by atoms with Gasteiger partial charge in [-0.3, -0.25) is 0 Å². The van der Waals surface area contributed by atoms with E-state index in [2.05, 4.69) is 5.92 Å². The Morgan fingerprint density at radius 1 is 1.82 bits per heavy atom. The molecule has 0 amide bonds. The van der Waals surface area contributed by atoms with Gasteiger partial charge in [-0.2, -0.15) is 0 Å². The van der Waals surface area contributed by atoms with Crippen LogP contribution >= 0.6 is 22.5 Å². The molecular formula is C8H11OS2. The maximum atomic E-state index is 10.4. The summed E-state index contributed by atoms with van der Waals surface area (Å²) in [5.41, 5.74) is 0. The second-order valence-electron chi connectivity index (χ2n) is 2.42. The van der Waals surface area contributed by atoms with Gasteiger partial charge in [0, 0.05) is 6.42 Å². The SMILES string of the molecule is C#CCCC(C)C(C=O)S[S]. The van der Waals surface area contributed by atoms with Crippen LogP contribution in [-0.4, -0.2) is 11.5 Å². The van der Waals surface area contributed by atoms with Crippen LogP contribution in [-0.2, 0) is 4.79 Å². The molecule has 0 aromatic rings. The number of aldehydes is 1. The highest BCUT2D eigenvalue weighted by Crippen LogP contribution is 2.23. The first kappa shape index (κ1) is 10.9. The fraction of sp³-hybridized carbons (Fsp3) is 0.625. The molecule has 2 unspecified atom stereocenters. The molecule has 2 atom stereocenters. The Hall–Kier alpha value is -0.0700. The summed E-state index contributed by atoms with van der Waals surface area (Å²) in [7, 11) is 1.18. The molecule has 3 heteroatoms. The average Bonchev–Trinajstić information content (AvgIpc) is 2.03. The van der Waals surface area contributed by atoms with Crippen molar-refractivity contribution in [2.75, 3.05) is 0 Å². The molecule has 1 nitrogen and oxygen atoms in total. The molecule has 0 heterocycles. The van der Waals surface area contributed by atoms with E-state index in [-0.39, 0.29) is 5.25 Å². The molecule has 0 fully saturated rings. The van der Waals surface area contributed by atoms with E-state index in [1.54, 1.807) is 0 Å². The Morgan fingerprint density at radius 2 is 2.45 bits per heavy atom. The fourth-order valence-corrected chi connectivity index (χ4v) is 1.80. The Bertz CT molecular complexity index is 151. The van der Waals surface area contributed by atoms with E-state index in [4.69, 9.17) is 18.1 Å². The molecule has 1 radical (unpaired) electrons. The summed E-state index contributed by atoms with van der Waals surface area (Å²) in [6, 6.07) is 0. The molecule has 0 aliphatic heterocycles. The first-order chi connectivity index (χ1) is 5.26. The molecule has 0 N–H and O–H groups in total. The largest absolute Gasteiger partial charge is 0.302 e. The van der Waals surface area contributed by atoms with Crippen LogP contribution in [0, 0.1) is 18.3 Å². The normalized spacial score (nSPS) is 15.0. The molecule has 0 aliphatic carbocycles. The third-order valence-corrected chi connectivity index (χ3v) is 3.01. The first-order valence-electron chi connectivity index (χ1n) is 3.43. The van der Waals surface area contributed by atoms with Crippen molar-refractivity contribution >= 4 is 28.7 Å². The molecular weight excluding hydrogens is 176 g/mol. The Morgan fingerprint density at radius 3 is 2.82 bits per heavy atom. The van der Waals surface area contributed by atoms with Crippen LogP contribution in [0.4, 0.5) is 0 Å². The van der Waals surface area contributed by atoms with Gasteiger partial charge in [0.2, 0.25) is 0 Å². The van der Waals surface area contributed by atoms with E-state index < -0.39 is 0 Å². The summed E-state index contributed by atoms with van der Waals surface area (Å²) >= 11 is 4.73. The van der Waals surface area contributed by atoms with Crippen LogP contribution in [0.25, 0.3) is 0 Å². The lowest BCUT2D eigenvalue weighted by Gasteiger charge is -2.13. The lowest BCUT2D eigenvalue weighted by Crippen LogP contribution is -2.14. The van der Waals surface area contributed by atoms with E-state index in [1.165, 1.54) is 10.8 Å². The summed E-state index contributed by atoms with van der Waals surface area (Å²) in [6.45, 7) is 2.00. The van der Waals surface area contributed by atoms with Gasteiger partial charge in [-0.25, -0.2) is 0 Å². The van der Waals surface area contributed by atoms with E-state index in [9.17, 15) is 4.79 Å². The number of rotatable bonds is 5. The quantitative estimate of drug-likeness (QED) is 0.373. The molecule has 11 heavy (non-hydrogen) atoms. The van der Waals surface area contributed by atoms with Gasteiger partial charge in [0.15, 0.2) is 0 Å². The summed E-state index contributed by atoms with van der Waals surface area (Å²) < 4.78 is 0. The van der Waals surface area contributed by atoms with Crippen LogP contribution in [0.1, 0.15) is 19.8 Å². The predicted octanol–water partition coefficient (Wildman–Crippen LogP) is 2.45.